The zero-order valence-corrected chi connectivity index (χ0v) is 21.5. The van der Waals surface area contributed by atoms with Crippen molar-refractivity contribution in [1.82, 2.24) is 14.8 Å². The summed E-state index contributed by atoms with van der Waals surface area (Å²) in [6.45, 7) is 3.19. The van der Waals surface area contributed by atoms with Crippen molar-refractivity contribution in [2.45, 2.75) is 76.4 Å². The Balaban J connectivity index is 1.74. The molecular weight excluding hydrogens is 446 g/mol. The van der Waals surface area contributed by atoms with Crippen molar-refractivity contribution >= 4 is 22.7 Å². The molecule has 35 heavy (non-hydrogen) atoms. The monoisotopic (exact) mass is 485 g/mol. The summed E-state index contributed by atoms with van der Waals surface area (Å²) in [5, 5.41) is 4.13. The van der Waals surface area contributed by atoms with E-state index in [0.717, 1.165) is 36.6 Å². The number of ether oxygens (including phenoxy) is 3. The topological polar surface area (TPSA) is 82.0 Å². The third-order valence-electron chi connectivity index (χ3n) is 7.61. The molecule has 8 nitrogen and oxygen atoms in total. The first kappa shape index (κ1) is 25.4. The van der Waals surface area contributed by atoms with E-state index >= 15 is 0 Å². The highest BCUT2D eigenvalue weighted by Crippen LogP contribution is 2.40. The van der Waals surface area contributed by atoms with Crippen molar-refractivity contribution < 1.29 is 23.8 Å². The zero-order valence-electron chi connectivity index (χ0n) is 21.5. The van der Waals surface area contributed by atoms with Gasteiger partial charge in [0.05, 0.1) is 26.3 Å². The Labute approximate surface area is 207 Å². The van der Waals surface area contributed by atoms with Crippen LogP contribution in [0.5, 0.6) is 11.5 Å². The summed E-state index contributed by atoms with van der Waals surface area (Å²) in [5.41, 5.74) is 0.272. The number of fused-ring (bicyclic) bond motifs is 3. The van der Waals surface area contributed by atoms with Gasteiger partial charge in [0.25, 0.3) is 5.91 Å². The predicted octanol–water partition coefficient (Wildman–Crippen LogP) is 4.14. The normalized spacial score (nSPS) is 21.4. The molecule has 192 valence electrons. The Bertz CT molecular complexity index is 1060. The average Bonchev–Trinajstić information content (AvgIpc) is 3.21. The van der Waals surface area contributed by atoms with E-state index < -0.39 is 5.54 Å². The highest BCUT2D eigenvalue weighted by molar-refractivity contribution is 6.05. The lowest BCUT2D eigenvalue weighted by Gasteiger charge is -2.44. The minimum Gasteiger partial charge on any atom is -0.496 e. The zero-order chi connectivity index (χ0) is 25.0. The highest BCUT2D eigenvalue weighted by Gasteiger charge is 2.48. The summed E-state index contributed by atoms with van der Waals surface area (Å²) in [7, 11) is 4.88. The van der Waals surface area contributed by atoms with Gasteiger partial charge in [-0.1, -0.05) is 32.1 Å². The van der Waals surface area contributed by atoms with Crippen molar-refractivity contribution in [3.05, 3.63) is 23.9 Å². The molecule has 1 aromatic carbocycles. The number of hydrogen-bond acceptors (Lipinski definition) is 5. The molecule has 4 rings (SSSR count). The van der Waals surface area contributed by atoms with Gasteiger partial charge in [0.2, 0.25) is 5.91 Å². The number of amides is 2. The van der Waals surface area contributed by atoms with Gasteiger partial charge < -0.3 is 29.0 Å². The Hall–Kier alpha value is -2.74. The van der Waals surface area contributed by atoms with E-state index in [1.807, 2.05) is 29.7 Å². The Kier molecular flexibility index (Phi) is 7.89. The fourth-order valence-electron chi connectivity index (χ4n) is 5.61. The highest BCUT2D eigenvalue weighted by atomic mass is 16.5. The van der Waals surface area contributed by atoms with Gasteiger partial charge >= 0.3 is 0 Å². The summed E-state index contributed by atoms with van der Waals surface area (Å²) in [5.74, 6) is 1.06. The molecule has 1 fully saturated rings. The molecule has 0 spiro atoms. The van der Waals surface area contributed by atoms with Gasteiger partial charge in [-0.15, -0.1) is 0 Å². The number of rotatable bonds is 8. The van der Waals surface area contributed by atoms with E-state index in [9.17, 15) is 9.59 Å². The number of benzene rings is 1. The molecule has 1 N–H and O–H groups in total. The molecule has 1 atom stereocenters. The minimum absolute atomic E-state index is 0.0943. The molecule has 1 unspecified atom stereocenters. The van der Waals surface area contributed by atoms with Crippen LogP contribution in [0.3, 0.4) is 0 Å². The number of carbonyl (C=O) groups is 2. The lowest BCUT2D eigenvalue weighted by atomic mass is 9.92. The Morgan fingerprint density at radius 1 is 1.06 bits per heavy atom. The van der Waals surface area contributed by atoms with Gasteiger partial charge in [-0.05, 0) is 44.4 Å². The fourth-order valence-corrected chi connectivity index (χ4v) is 5.61. The number of hydrogen-bond donors (Lipinski definition) is 1. The van der Waals surface area contributed by atoms with Crippen LogP contribution < -0.4 is 14.8 Å². The number of nitrogens with one attached hydrogen (secondary N) is 1. The van der Waals surface area contributed by atoms with Crippen LogP contribution in [-0.2, 0) is 16.1 Å². The molecule has 2 heterocycles. The first-order valence-electron chi connectivity index (χ1n) is 12.8. The van der Waals surface area contributed by atoms with Crippen LogP contribution in [0.4, 0.5) is 0 Å². The molecule has 2 aliphatic rings. The van der Waals surface area contributed by atoms with Crippen molar-refractivity contribution in [3.8, 4) is 11.5 Å². The van der Waals surface area contributed by atoms with Crippen LogP contribution in [0.1, 0.15) is 68.8 Å². The first-order chi connectivity index (χ1) is 16.9. The molecule has 0 bridgehead atoms. The summed E-state index contributed by atoms with van der Waals surface area (Å²) >= 11 is 0. The van der Waals surface area contributed by atoms with Gasteiger partial charge in [0, 0.05) is 31.7 Å². The van der Waals surface area contributed by atoms with Crippen LogP contribution in [-0.4, -0.2) is 67.3 Å². The number of aromatic nitrogens is 1. The lowest BCUT2D eigenvalue weighted by Crippen LogP contribution is -2.65. The third kappa shape index (κ3) is 4.85. The molecule has 0 saturated heterocycles. The van der Waals surface area contributed by atoms with Crippen molar-refractivity contribution in [3.63, 3.8) is 0 Å². The Morgan fingerprint density at radius 2 is 1.71 bits per heavy atom. The molecule has 1 aliphatic carbocycles. The molecule has 1 aliphatic heterocycles. The maximum Gasteiger partial charge on any atom is 0.271 e. The fraction of sp³-hybridized carbons (Fsp3) is 0.630. The van der Waals surface area contributed by atoms with E-state index in [2.05, 4.69) is 5.32 Å². The van der Waals surface area contributed by atoms with Crippen LogP contribution in [0.2, 0.25) is 0 Å². The third-order valence-corrected chi connectivity index (χ3v) is 7.61. The number of carbonyl (C=O) groups excluding carboxylic acids is 2. The van der Waals surface area contributed by atoms with Crippen molar-refractivity contribution in [1.29, 1.82) is 0 Å². The Morgan fingerprint density at radius 3 is 2.37 bits per heavy atom. The number of nitrogens with zero attached hydrogens (tertiary/aromatic N) is 2. The van der Waals surface area contributed by atoms with Gasteiger partial charge in [-0.3, -0.25) is 9.59 Å². The second-order valence-electron chi connectivity index (χ2n) is 9.94. The van der Waals surface area contributed by atoms with Crippen LogP contribution in [0.15, 0.2) is 18.2 Å². The molecule has 8 heteroatoms. The predicted molar refractivity (Wildman–Crippen MR) is 135 cm³/mol. The molecule has 1 saturated carbocycles. The molecular formula is C27H39N3O5. The maximum absolute atomic E-state index is 13.9. The largest absolute Gasteiger partial charge is 0.496 e. The van der Waals surface area contributed by atoms with Gasteiger partial charge in [-0.25, -0.2) is 0 Å². The second kappa shape index (κ2) is 10.9. The van der Waals surface area contributed by atoms with Gasteiger partial charge in [0.1, 0.15) is 22.7 Å². The lowest BCUT2D eigenvalue weighted by molar-refractivity contribution is -0.133. The minimum atomic E-state index is -1.04. The maximum atomic E-state index is 13.9. The van der Waals surface area contributed by atoms with Crippen LogP contribution >= 0.6 is 0 Å². The van der Waals surface area contributed by atoms with Gasteiger partial charge in [-0.2, -0.15) is 0 Å². The number of methoxy groups -OCH3 is 3. The van der Waals surface area contributed by atoms with Crippen molar-refractivity contribution in [2.24, 2.45) is 0 Å². The molecule has 2 amide bonds. The summed E-state index contributed by atoms with van der Waals surface area (Å²) in [6, 6.07) is 5.69. The van der Waals surface area contributed by atoms with E-state index in [-0.39, 0.29) is 17.9 Å². The second-order valence-corrected chi connectivity index (χ2v) is 9.94. The summed E-state index contributed by atoms with van der Waals surface area (Å²) in [4.78, 5) is 29.5. The van der Waals surface area contributed by atoms with E-state index in [0.29, 0.717) is 43.3 Å². The SMILES string of the molecule is COCCCN1C(=O)c2cc3c(OC)ccc(OC)c3n2CC1(C)C(=O)NC1CCCCCCC1. The van der Waals surface area contributed by atoms with Crippen LogP contribution in [0, 0.1) is 0 Å². The van der Waals surface area contributed by atoms with Crippen LogP contribution in [0.25, 0.3) is 10.9 Å². The molecule has 2 aromatic rings. The standard InChI is InChI=1S/C27H39N3O5/c1-27(26(32)28-19-11-8-6-5-7-9-12-19)18-29-21(25(31)30(27)15-10-16-33-2)17-20-22(34-3)13-14-23(35-4)24(20)29/h13-14,17,19H,5-12,15-16,18H2,1-4H3,(H,28,32). The van der Waals surface area contributed by atoms with E-state index in [4.69, 9.17) is 14.2 Å². The van der Waals surface area contributed by atoms with E-state index in [1.165, 1.54) is 19.3 Å². The molecule has 1 aromatic heterocycles. The summed E-state index contributed by atoms with van der Waals surface area (Å²) in [6.07, 6.45) is 8.58. The smallest absolute Gasteiger partial charge is 0.271 e. The van der Waals surface area contributed by atoms with E-state index in [1.54, 1.807) is 26.2 Å². The quantitative estimate of drug-likeness (QED) is 0.569. The first-order valence-corrected chi connectivity index (χ1v) is 12.8. The van der Waals surface area contributed by atoms with Gasteiger partial charge in [0.15, 0.2) is 0 Å². The van der Waals surface area contributed by atoms with Crippen molar-refractivity contribution in [2.75, 3.05) is 34.5 Å². The average molecular weight is 486 g/mol. The summed E-state index contributed by atoms with van der Waals surface area (Å²) < 4.78 is 18.4. The molecule has 0 radical (unpaired) electrons.